The minimum Gasteiger partial charge on any atom is -0.497 e. The molecule has 0 saturated carbocycles. The van der Waals surface area contributed by atoms with Gasteiger partial charge in [0.2, 0.25) is 0 Å². The standard InChI is InChI=1S/C11H13NO2/c1-9-12(6-7-14-9)10-4-3-5-11(8-10)13-2/h3-5,8H,1,6-7H2,2H3. The largest absolute Gasteiger partial charge is 0.497 e. The summed E-state index contributed by atoms with van der Waals surface area (Å²) in [6.07, 6.45) is 0. The van der Waals surface area contributed by atoms with E-state index in [1.807, 2.05) is 29.2 Å². The Morgan fingerprint density at radius 2 is 2.36 bits per heavy atom. The molecule has 74 valence electrons. The minimum absolute atomic E-state index is 0.704. The summed E-state index contributed by atoms with van der Waals surface area (Å²) in [5.41, 5.74) is 1.06. The zero-order valence-corrected chi connectivity index (χ0v) is 8.19. The molecule has 3 heteroatoms. The van der Waals surface area contributed by atoms with Crippen molar-refractivity contribution in [1.29, 1.82) is 0 Å². The van der Waals surface area contributed by atoms with Crippen LogP contribution in [-0.2, 0) is 4.74 Å². The Bertz CT molecular complexity index is 349. The molecule has 0 radical (unpaired) electrons. The Morgan fingerprint density at radius 1 is 1.50 bits per heavy atom. The highest BCUT2D eigenvalue weighted by Gasteiger charge is 2.17. The van der Waals surface area contributed by atoms with Gasteiger partial charge < -0.3 is 14.4 Å². The highest BCUT2D eigenvalue weighted by atomic mass is 16.5. The first-order valence-electron chi connectivity index (χ1n) is 4.54. The molecule has 0 amide bonds. The van der Waals surface area contributed by atoms with E-state index in [2.05, 4.69) is 6.58 Å². The molecule has 0 N–H and O–H groups in total. The highest BCUT2D eigenvalue weighted by Crippen LogP contribution is 2.26. The number of benzene rings is 1. The Balaban J connectivity index is 2.26. The van der Waals surface area contributed by atoms with Gasteiger partial charge >= 0.3 is 0 Å². The number of hydrogen-bond donors (Lipinski definition) is 0. The van der Waals surface area contributed by atoms with Crippen molar-refractivity contribution in [1.82, 2.24) is 0 Å². The first-order chi connectivity index (χ1) is 6.81. The molecule has 2 rings (SSSR count). The van der Waals surface area contributed by atoms with E-state index < -0.39 is 0 Å². The number of methoxy groups -OCH3 is 1. The summed E-state index contributed by atoms with van der Waals surface area (Å²) in [7, 11) is 1.66. The maximum atomic E-state index is 5.28. The molecule has 0 aliphatic carbocycles. The Labute approximate surface area is 83.5 Å². The quantitative estimate of drug-likeness (QED) is 0.713. The van der Waals surface area contributed by atoms with E-state index in [0.717, 1.165) is 18.0 Å². The number of rotatable bonds is 2. The fraction of sp³-hybridized carbons (Fsp3) is 0.273. The van der Waals surface area contributed by atoms with Crippen LogP contribution in [0.25, 0.3) is 0 Å². The molecule has 1 aromatic carbocycles. The second kappa shape index (κ2) is 3.62. The Morgan fingerprint density at radius 3 is 3.00 bits per heavy atom. The first-order valence-corrected chi connectivity index (χ1v) is 4.54. The maximum absolute atomic E-state index is 5.28. The smallest absolute Gasteiger partial charge is 0.186 e. The second-order valence-corrected chi connectivity index (χ2v) is 3.10. The maximum Gasteiger partial charge on any atom is 0.186 e. The first kappa shape index (κ1) is 8.94. The van der Waals surface area contributed by atoms with Gasteiger partial charge in [0.1, 0.15) is 12.4 Å². The van der Waals surface area contributed by atoms with E-state index in [1.165, 1.54) is 0 Å². The monoisotopic (exact) mass is 191 g/mol. The van der Waals surface area contributed by atoms with Crippen LogP contribution in [0.4, 0.5) is 5.69 Å². The summed E-state index contributed by atoms with van der Waals surface area (Å²) in [4.78, 5) is 2.03. The minimum atomic E-state index is 0.704. The molecule has 1 saturated heterocycles. The van der Waals surface area contributed by atoms with Crippen LogP contribution < -0.4 is 9.64 Å². The SMILES string of the molecule is C=C1OCCN1c1cccc(OC)c1. The molecular weight excluding hydrogens is 178 g/mol. The lowest BCUT2D eigenvalue weighted by atomic mass is 10.3. The van der Waals surface area contributed by atoms with E-state index in [4.69, 9.17) is 9.47 Å². The van der Waals surface area contributed by atoms with Gasteiger partial charge in [0.05, 0.1) is 13.7 Å². The topological polar surface area (TPSA) is 21.7 Å². The summed E-state index contributed by atoms with van der Waals surface area (Å²) in [5, 5.41) is 0. The van der Waals surface area contributed by atoms with Crippen LogP contribution >= 0.6 is 0 Å². The van der Waals surface area contributed by atoms with E-state index in [-0.39, 0.29) is 0 Å². The Hall–Kier alpha value is -1.64. The summed E-state index contributed by atoms with van der Waals surface area (Å²) in [6.45, 7) is 5.39. The zero-order chi connectivity index (χ0) is 9.97. The molecule has 1 heterocycles. The van der Waals surface area contributed by atoms with Gasteiger partial charge in [0, 0.05) is 11.8 Å². The molecule has 14 heavy (non-hydrogen) atoms. The average molecular weight is 191 g/mol. The molecule has 0 spiro atoms. The average Bonchev–Trinajstić information content (AvgIpc) is 2.65. The molecule has 0 atom stereocenters. The van der Waals surface area contributed by atoms with Gasteiger partial charge in [-0.05, 0) is 18.7 Å². The molecule has 1 aliphatic heterocycles. The molecule has 1 aromatic rings. The number of hydrogen-bond acceptors (Lipinski definition) is 3. The molecule has 1 fully saturated rings. The lowest BCUT2D eigenvalue weighted by Crippen LogP contribution is -2.16. The van der Waals surface area contributed by atoms with Gasteiger partial charge in [-0.15, -0.1) is 0 Å². The number of ether oxygens (including phenoxy) is 2. The van der Waals surface area contributed by atoms with Gasteiger partial charge in [-0.3, -0.25) is 0 Å². The van der Waals surface area contributed by atoms with Crippen LogP contribution in [0, 0.1) is 0 Å². The third-order valence-electron chi connectivity index (χ3n) is 2.25. The summed E-state index contributed by atoms with van der Waals surface area (Å²) in [6, 6.07) is 7.87. The predicted molar refractivity (Wildman–Crippen MR) is 55.4 cm³/mol. The molecule has 0 unspecified atom stereocenters. The van der Waals surface area contributed by atoms with Crippen molar-refractivity contribution in [2.24, 2.45) is 0 Å². The lowest BCUT2D eigenvalue weighted by Gasteiger charge is -2.16. The van der Waals surface area contributed by atoms with Crippen LogP contribution in [0.5, 0.6) is 5.75 Å². The van der Waals surface area contributed by atoms with E-state index in [1.54, 1.807) is 7.11 Å². The number of anilines is 1. The van der Waals surface area contributed by atoms with E-state index >= 15 is 0 Å². The van der Waals surface area contributed by atoms with Crippen molar-refractivity contribution in [3.05, 3.63) is 36.7 Å². The van der Waals surface area contributed by atoms with Crippen LogP contribution in [0.15, 0.2) is 36.7 Å². The molecular formula is C11H13NO2. The predicted octanol–water partition coefficient (Wildman–Crippen LogP) is 2.00. The normalized spacial score (nSPS) is 15.5. The molecule has 3 nitrogen and oxygen atoms in total. The van der Waals surface area contributed by atoms with Gasteiger partial charge in [-0.2, -0.15) is 0 Å². The molecule has 0 aromatic heterocycles. The van der Waals surface area contributed by atoms with E-state index in [9.17, 15) is 0 Å². The van der Waals surface area contributed by atoms with Crippen molar-refractivity contribution in [2.45, 2.75) is 0 Å². The fourth-order valence-corrected chi connectivity index (χ4v) is 1.51. The second-order valence-electron chi connectivity index (χ2n) is 3.10. The summed E-state index contributed by atoms with van der Waals surface area (Å²) < 4.78 is 10.4. The Kier molecular flexibility index (Phi) is 2.31. The molecule has 0 bridgehead atoms. The third-order valence-corrected chi connectivity index (χ3v) is 2.25. The fourth-order valence-electron chi connectivity index (χ4n) is 1.51. The van der Waals surface area contributed by atoms with Crippen LogP contribution in [0.2, 0.25) is 0 Å². The van der Waals surface area contributed by atoms with Crippen molar-refractivity contribution in [3.8, 4) is 5.75 Å². The molecule has 1 aliphatic rings. The lowest BCUT2D eigenvalue weighted by molar-refractivity contribution is 0.270. The van der Waals surface area contributed by atoms with Crippen LogP contribution in [0.1, 0.15) is 0 Å². The van der Waals surface area contributed by atoms with Gasteiger partial charge in [0.15, 0.2) is 5.88 Å². The van der Waals surface area contributed by atoms with Crippen molar-refractivity contribution in [2.75, 3.05) is 25.2 Å². The summed E-state index contributed by atoms with van der Waals surface area (Å²) >= 11 is 0. The third kappa shape index (κ3) is 1.53. The van der Waals surface area contributed by atoms with E-state index in [0.29, 0.717) is 12.5 Å². The zero-order valence-electron chi connectivity index (χ0n) is 8.19. The highest BCUT2D eigenvalue weighted by molar-refractivity contribution is 5.54. The number of nitrogens with zero attached hydrogens (tertiary/aromatic N) is 1. The van der Waals surface area contributed by atoms with Gasteiger partial charge in [0.25, 0.3) is 0 Å². The van der Waals surface area contributed by atoms with Crippen molar-refractivity contribution >= 4 is 5.69 Å². The van der Waals surface area contributed by atoms with Crippen molar-refractivity contribution in [3.63, 3.8) is 0 Å². The van der Waals surface area contributed by atoms with Crippen LogP contribution in [-0.4, -0.2) is 20.3 Å². The van der Waals surface area contributed by atoms with Gasteiger partial charge in [-0.25, -0.2) is 0 Å². The van der Waals surface area contributed by atoms with Crippen LogP contribution in [0.3, 0.4) is 0 Å². The van der Waals surface area contributed by atoms with Gasteiger partial charge in [-0.1, -0.05) is 6.07 Å². The van der Waals surface area contributed by atoms with Crippen molar-refractivity contribution < 1.29 is 9.47 Å². The summed E-state index contributed by atoms with van der Waals surface area (Å²) in [5.74, 6) is 1.56.